The van der Waals surface area contributed by atoms with E-state index in [0.29, 0.717) is 24.9 Å². The van der Waals surface area contributed by atoms with Crippen molar-refractivity contribution in [3.8, 4) is 0 Å². The highest BCUT2D eigenvalue weighted by molar-refractivity contribution is 5.98. The maximum atomic E-state index is 12.9. The molecular weight excluding hydrogens is 388 g/mol. The van der Waals surface area contributed by atoms with Crippen molar-refractivity contribution in [1.82, 2.24) is 9.55 Å². The summed E-state index contributed by atoms with van der Waals surface area (Å²) < 4.78 is 6.38. The minimum Gasteiger partial charge on any atom is -0.452 e. The molecule has 0 aliphatic carbocycles. The van der Waals surface area contributed by atoms with Crippen molar-refractivity contribution in [2.75, 3.05) is 23.8 Å². The van der Waals surface area contributed by atoms with Crippen LogP contribution in [0.4, 0.5) is 11.5 Å². The molecule has 3 N–H and O–H groups in total. The molecule has 1 amide bonds. The monoisotopic (exact) mass is 416 g/mol. The Labute approximate surface area is 174 Å². The minimum atomic E-state index is -0.751. The second-order valence-electron chi connectivity index (χ2n) is 6.99. The van der Waals surface area contributed by atoms with Gasteiger partial charge in [-0.05, 0) is 31.9 Å². The largest absolute Gasteiger partial charge is 0.452 e. The zero-order valence-electron chi connectivity index (χ0n) is 17.6. The van der Waals surface area contributed by atoms with Crippen molar-refractivity contribution in [3.63, 3.8) is 0 Å². The van der Waals surface area contributed by atoms with Gasteiger partial charge in [0, 0.05) is 13.1 Å². The number of aryl methyl sites for hydroxylation is 1. The Morgan fingerprint density at radius 3 is 2.57 bits per heavy atom. The summed E-state index contributed by atoms with van der Waals surface area (Å²) in [4.78, 5) is 53.1. The van der Waals surface area contributed by atoms with E-state index in [4.69, 9.17) is 10.5 Å². The van der Waals surface area contributed by atoms with E-state index in [1.165, 1.54) is 9.47 Å². The lowest BCUT2D eigenvalue weighted by atomic mass is 10.1. The summed E-state index contributed by atoms with van der Waals surface area (Å²) in [7, 11) is 0. The summed E-state index contributed by atoms with van der Waals surface area (Å²) in [5.41, 5.74) is 5.82. The van der Waals surface area contributed by atoms with Gasteiger partial charge in [-0.3, -0.25) is 19.1 Å². The molecule has 0 fully saturated rings. The van der Waals surface area contributed by atoms with Gasteiger partial charge in [0.2, 0.25) is 0 Å². The number of nitrogens with two attached hydrogens (primary N) is 1. The van der Waals surface area contributed by atoms with E-state index >= 15 is 0 Å². The number of anilines is 2. The van der Waals surface area contributed by atoms with E-state index in [1.807, 2.05) is 26.8 Å². The zero-order valence-corrected chi connectivity index (χ0v) is 17.6. The highest BCUT2D eigenvalue weighted by Gasteiger charge is 2.25. The van der Waals surface area contributed by atoms with Crippen molar-refractivity contribution in [1.29, 1.82) is 0 Å². The predicted octanol–water partition coefficient (Wildman–Crippen LogP) is 1.83. The summed E-state index contributed by atoms with van der Waals surface area (Å²) in [6, 6.07) is 6.82. The maximum absolute atomic E-state index is 12.9. The van der Waals surface area contributed by atoms with Crippen LogP contribution in [0.5, 0.6) is 0 Å². The number of carbonyl (C=O) groups excluding carboxylic acids is 2. The number of H-pyrrole nitrogens is 1. The van der Waals surface area contributed by atoms with Gasteiger partial charge in [-0.2, -0.15) is 0 Å². The number of benzene rings is 1. The third-order valence-electron chi connectivity index (χ3n) is 4.55. The van der Waals surface area contributed by atoms with Gasteiger partial charge in [0.05, 0.1) is 5.56 Å². The second kappa shape index (κ2) is 10.4. The van der Waals surface area contributed by atoms with Crippen molar-refractivity contribution in [2.45, 2.75) is 46.6 Å². The van der Waals surface area contributed by atoms with Gasteiger partial charge in [-0.15, -0.1) is 0 Å². The molecule has 0 aliphatic rings. The molecule has 0 spiro atoms. The minimum absolute atomic E-state index is 0.0833. The van der Waals surface area contributed by atoms with E-state index in [9.17, 15) is 19.2 Å². The van der Waals surface area contributed by atoms with E-state index in [0.717, 1.165) is 12.0 Å². The van der Waals surface area contributed by atoms with Gasteiger partial charge in [0.15, 0.2) is 12.3 Å². The molecule has 0 bridgehead atoms. The number of aromatic nitrogens is 2. The van der Waals surface area contributed by atoms with E-state index in [2.05, 4.69) is 4.98 Å². The molecule has 1 aromatic heterocycles. The van der Waals surface area contributed by atoms with Crippen LogP contribution in [0.15, 0.2) is 33.9 Å². The summed E-state index contributed by atoms with van der Waals surface area (Å²) in [6.07, 6.45) is 1.98. The summed E-state index contributed by atoms with van der Waals surface area (Å²) >= 11 is 0. The summed E-state index contributed by atoms with van der Waals surface area (Å²) in [5.74, 6) is -1.32. The van der Waals surface area contributed by atoms with Crippen LogP contribution in [0, 0.1) is 6.92 Å². The van der Waals surface area contributed by atoms with E-state index in [1.54, 1.807) is 18.2 Å². The number of amides is 1. The molecule has 0 radical (unpaired) electrons. The topological polar surface area (TPSA) is 127 Å². The molecule has 2 rings (SSSR count). The number of ether oxygens (including phenoxy) is 1. The van der Waals surface area contributed by atoms with E-state index < -0.39 is 29.7 Å². The van der Waals surface area contributed by atoms with Crippen LogP contribution < -0.4 is 21.9 Å². The number of esters is 1. The Morgan fingerprint density at radius 2 is 1.93 bits per heavy atom. The predicted molar refractivity (Wildman–Crippen MR) is 115 cm³/mol. The first kappa shape index (κ1) is 22.9. The van der Waals surface area contributed by atoms with Crippen LogP contribution in [0.1, 0.15) is 49.0 Å². The lowest BCUT2D eigenvalue weighted by molar-refractivity contribution is -0.121. The van der Waals surface area contributed by atoms with Crippen LogP contribution in [0.25, 0.3) is 0 Å². The van der Waals surface area contributed by atoms with Gasteiger partial charge < -0.3 is 15.4 Å². The molecule has 0 aliphatic heterocycles. The molecule has 0 saturated heterocycles. The van der Waals surface area contributed by atoms with Crippen LogP contribution in [-0.4, -0.2) is 34.6 Å². The number of hydrogen-bond donors (Lipinski definition) is 2. The number of nitrogen functional groups attached to an aromatic ring is 1. The first-order valence-corrected chi connectivity index (χ1v) is 9.96. The average Bonchev–Trinajstić information content (AvgIpc) is 2.71. The fraction of sp³-hybridized carbons (Fsp3) is 0.429. The first-order chi connectivity index (χ1) is 14.3. The van der Waals surface area contributed by atoms with Gasteiger partial charge in [-0.25, -0.2) is 9.59 Å². The number of unbranched alkanes of at least 4 members (excludes halogenated alkanes) is 1. The van der Waals surface area contributed by atoms with Crippen LogP contribution in [-0.2, 0) is 16.1 Å². The molecule has 162 valence electrons. The maximum Gasteiger partial charge on any atom is 0.338 e. The fourth-order valence-corrected chi connectivity index (χ4v) is 3.02. The standard InChI is InChI=1S/C21H28N4O5/c1-4-6-11-24(17-18(22)25(10-5-2)21(29)23-19(17)27)16(26)13-30-20(28)15-9-7-8-14(3)12-15/h7-9,12H,4-6,10-11,13,22H2,1-3H3,(H,23,27,29). The Kier molecular flexibility index (Phi) is 7.97. The van der Waals surface area contributed by atoms with Crippen LogP contribution in [0.2, 0.25) is 0 Å². The Morgan fingerprint density at radius 1 is 1.20 bits per heavy atom. The molecule has 0 atom stereocenters. The Bertz CT molecular complexity index is 1020. The lowest BCUT2D eigenvalue weighted by Gasteiger charge is -2.24. The number of nitrogens with one attached hydrogen (secondary N) is 1. The van der Waals surface area contributed by atoms with E-state index in [-0.39, 0.29) is 18.1 Å². The number of rotatable bonds is 9. The van der Waals surface area contributed by atoms with Crippen molar-refractivity contribution >= 4 is 23.4 Å². The molecule has 0 unspecified atom stereocenters. The molecule has 9 heteroatoms. The molecule has 1 aromatic carbocycles. The highest BCUT2D eigenvalue weighted by atomic mass is 16.5. The fourth-order valence-electron chi connectivity index (χ4n) is 3.02. The van der Waals surface area contributed by atoms with Crippen molar-refractivity contribution in [3.05, 3.63) is 56.2 Å². The number of carbonyl (C=O) groups is 2. The highest BCUT2D eigenvalue weighted by Crippen LogP contribution is 2.18. The molecule has 9 nitrogen and oxygen atoms in total. The quantitative estimate of drug-likeness (QED) is 0.600. The van der Waals surface area contributed by atoms with Gasteiger partial charge in [-0.1, -0.05) is 38.0 Å². The molecular formula is C21H28N4O5. The number of aromatic amines is 1. The third-order valence-corrected chi connectivity index (χ3v) is 4.55. The van der Waals surface area contributed by atoms with Crippen molar-refractivity contribution in [2.24, 2.45) is 0 Å². The van der Waals surface area contributed by atoms with Gasteiger partial charge in [0.25, 0.3) is 11.5 Å². The number of hydrogen-bond acceptors (Lipinski definition) is 6. The van der Waals surface area contributed by atoms with Gasteiger partial charge >= 0.3 is 11.7 Å². The Balaban J connectivity index is 2.30. The third kappa shape index (κ3) is 5.37. The average molecular weight is 416 g/mol. The molecule has 2 aromatic rings. The summed E-state index contributed by atoms with van der Waals surface area (Å²) in [5, 5.41) is 0. The lowest BCUT2D eigenvalue weighted by Crippen LogP contribution is -2.43. The van der Waals surface area contributed by atoms with Gasteiger partial charge in [0.1, 0.15) is 5.82 Å². The molecule has 0 saturated carbocycles. The van der Waals surface area contributed by atoms with Crippen molar-refractivity contribution < 1.29 is 14.3 Å². The second-order valence-corrected chi connectivity index (χ2v) is 6.99. The molecule has 1 heterocycles. The zero-order chi connectivity index (χ0) is 22.3. The summed E-state index contributed by atoms with van der Waals surface area (Å²) in [6.45, 7) is 5.59. The number of nitrogens with zero attached hydrogens (tertiary/aromatic N) is 2. The molecule has 30 heavy (non-hydrogen) atoms. The Hall–Kier alpha value is -3.36. The normalized spacial score (nSPS) is 10.6. The first-order valence-electron chi connectivity index (χ1n) is 9.96. The smallest absolute Gasteiger partial charge is 0.338 e. The van der Waals surface area contributed by atoms with Crippen LogP contribution >= 0.6 is 0 Å². The SMILES string of the molecule is CCCCN(C(=O)COC(=O)c1cccc(C)c1)c1c(N)n(CCC)c(=O)[nH]c1=O. The van der Waals surface area contributed by atoms with Crippen LogP contribution in [0.3, 0.4) is 0 Å².